The first-order valence-corrected chi connectivity index (χ1v) is 11.2. The topological polar surface area (TPSA) is 97.2 Å². The van der Waals surface area contributed by atoms with Crippen molar-refractivity contribution in [3.05, 3.63) is 24.2 Å². The molecule has 0 aromatic carbocycles. The molecule has 2 aromatic heterocycles. The van der Waals surface area contributed by atoms with E-state index in [-0.39, 0.29) is 42.1 Å². The number of likely N-dealkylation sites (tertiary alicyclic amines) is 1. The highest BCUT2D eigenvalue weighted by molar-refractivity contribution is 6.50. The minimum absolute atomic E-state index is 0.0211. The van der Waals surface area contributed by atoms with E-state index in [1.54, 1.807) is 23.4 Å². The van der Waals surface area contributed by atoms with Gasteiger partial charge in [0, 0.05) is 36.5 Å². The highest BCUT2D eigenvalue weighted by Gasteiger charge is 2.58. The van der Waals surface area contributed by atoms with E-state index in [1.807, 2.05) is 6.92 Å². The van der Waals surface area contributed by atoms with Gasteiger partial charge in [-0.15, -0.1) is 23.2 Å². The van der Waals surface area contributed by atoms with Gasteiger partial charge in [0.2, 0.25) is 11.8 Å². The molecule has 1 aliphatic heterocycles. The first kappa shape index (κ1) is 20.7. The molecular formula is C21H23Cl2N5O3. The highest BCUT2D eigenvalue weighted by atomic mass is 35.5. The number of halogens is 2. The summed E-state index contributed by atoms with van der Waals surface area (Å²) in [6.45, 7) is 3.29. The highest BCUT2D eigenvalue weighted by Crippen LogP contribution is 2.55. The molecule has 2 aliphatic carbocycles. The number of Topliss-reactive ketones (excluding diaryl/α,β-unsaturated/α-hetero) is 1. The van der Waals surface area contributed by atoms with Crippen LogP contribution < -0.4 is 5.32 Å². The van der Waals surface area contributed by atoms with E-state index in [2.05, 4.69) is 15.4 Å². The van der Waals surface area contributed by atoms with Crippen LogP contribution in [0.5, 0.6) is 0 Å². The summed E-state index contributed by atoms with van der Waals surface area (Å²) in [6, 6.07) is 1.14. The third-order valence-corrected chi connectivity index (χ3v) is 7.58. The third-order valence-electron chi connectivity index (χ3n) is 6.72. The largest absolute Gasteiger partial charge is 0.351 e. The van der Waals surface area contributed by atoms with Gasteiger partial charge in [-0.05, 0) is 38.2 Å². The van der Waals surface area contributed by atoms with E-state index in [0.717, 1.165) is 6.42 Å². The van der Waals surface area contributed by atoms with Gasteiger partial charge in [-0.25, -0.2) is 0 Å². The van der Waals surface area contributed by atoms with Crippen LogP contribution in [0.3, 0.4) is 0 Å². The molecule has 31 heavy (non-hydrogen) atoms. The minimum atomic E-state index is -0.774. The second-order valence-electron chi connectivity index (χ2n) is 8.94. The lowest BCUT2D eigenvalue weighted by Gasteiger charge is -2.28. The van der Waals surface area contributed by atoms with Crippen molar-refractivity contribution in [3.63, 3.8) is 0 Å². The Kier molecular flexibility index (Phi) is 4.79. The lowest BCUT2D eigenvalue weighted by molar-refractivity contribution is -0.140. The van der Waals surface area contributed by atoms with Crippen molar-refractivity contribution < 1.29 is 14.4 Å². The van der Waals surface area contributed by atoms with Gasteiger partial charge in [-0.3, -0.25) is 24.0 Å². The van der Waals surface area contributed by atoms with Gasteiger partial charge in [0.05, 0.1) is 11.7 Å². The van der Waals surface area contributed by atoms with E-state index in [4.69, 9.17) is 23.2 Å². The molecule has 0 bridgehead atoms. The zero-order chi connectivity index (χ0) is 22.1. The molecule has 3 heterocycles. The van der Waals surface area contributed by atoms with E-state index in [1.165, 1.54) is 11.6 Å². The van der Waals surface area contributed by atoms with Crippen LogP contribution in [0.25, 0.3) is 10.9 Å². The maximum absolute atomic E-state index is 13.3. The lowest BCUT2D eigenvalue weighted by atomic mass is 10.1. The molecule has 2 amide bonds. The monoisotopic (exact) mass is 463 g/mol. The predicted molar refractivity (Wildman–Crippen MR) is 115 cm³/mol. The molecule has 1 N–H and O–H groups in total. The van der Waals surface area contributed by atoms with Gasteiger partial charge in [0.15, 0.2) is 5.78 Å². The summed E-state index contributed by atoms with van der Waals surface area (Å²) in [7, 11) is 0. The quantitative estimate of drug-likeness (QED) is 0.523. The SMILES string of the molecule is CC(=O)c1nn(CC(=O)N2[C@@H]3C[C@@H]3C[C@H]2C(=O)N[C@H](C)[C@H]2CC2(Cl)Cl)c2cnccc12. The van der Waals surface area contributed by atoms with Gasteiger partial charge in [-0.2, -0.15) is 5.10 Å². The van der Waals surface area contributed by atoms with Gasteiger partial charge >= 0.3 is 0 Å². The number of pyridine rings is 1. The van der Waals surface area contributed by atoms with E-state index >= 15 is 0 Å². The van der Waals surface area contributed by atoms with Gasteiger partial charge in [0.1, 0.15) is 22.6 Å². The molecule has 164 valence electrons. The average molecular weight is 464 g/mol. The number of piperidine rings is 1. The summed E-state index contributed by atoms with van der Waals surface area (Å²) in [6.07, 6.45) is 5.41. The van der Waals surface area contributed by atoms with Crippen LogP contribution in [0.2, 0.25) is 0 Å². The Labute approximate surface area is 189 Å². The summed E-state index contributed by atoms with van der Waals surface area (Å²) in [5, 5.41) is 8.02. The maximum Gasteiger partial charge on any atom is 0.245 e. The molecule has 0 radical (unpaired) electrons. The van der Waals surface area contributed by atoms with Crippen LogP contribution >= 0.6 is 23.2 Å². The first-order chi connectivity index (χ1) is 14.7. The van der Waals surface area contributed by atoms with Crippen LogP contribution in [0.15, 0.2) is 18.5 Å². The standard InChI is InChI=1S/C21H23Cl2N5O3/c1-10(14-7-21(14,22)23)25-20(31)16-6-12-5-15(12)28(16)18(30)9-27-17-8-24-4-3-13(17)19(26-27)11(2)29/h3-4,8,10,12,14-16H,5-7,9H2,1-2H3,(H,25,31)/t10-,12-,14-,15-,16+/m1/s1. The van der Waals surface area contributed by atoms with Gasteiger partial charge in [0.25, 0.3) is 0 Å². The number of amides is 2. The summed E-state index contributed by atoms with van der Waals surface area (Å²) in [4.78, 5) is 44.0. The van der Waals surface area contributed by atoms with Crippen LogP contribution in [0.1, 0.15) is 43.6 Å². The molecule has 0 spiro atoms. The summed E-state index contributed by atoms with van der Waals surface area (Å²) in [5.41, 5.74) is 0.936. The normalized spacial score (nSPS) is 28.8. The number of rotatable bonds is 6. The van der Waals surface area contributed by atoms with Crippen molar-refractivity contribution in [1.82, 2.24) is 25.0 Å². The van der Waals surface area contributed by atoms with Gasteiger partial charge in [-0.1, -0.05) is 0 Å². The molecule has 1 saturated heterocycles. The Hall–Kier alpha value is -2.19. The average Bonchev–Trinajstić information content (AvgIpc) is 3.52. The van der Waals surface area contributed by atoms with E-state index < -0.39 is 10.4 Å². The second-order valence-corrected chi connectivity index (χ2v) is 10.5. The summed E-state index contributed by atoms with van der Waals surface area (Å²) >= 11 is 12.3. The van der Waals surface area contributed by atoms with Crippen molar-refractivity contribution in [3.8, 4) is 0 Å². The zero-order valence-electron chi connectivity index (χ0n) is 17.2. The fourth-order valence-electron chi connectivity index (χ4n) is 4.86. The molecule has 2 saturated carbocycles. The van der Waals surface area contributed by atoms with Crippen LogP contribution in [0, 0.1) is 11.8 Å². The molecule has 8 nitrogen and oxygen atoms in total. The summed E-state index contributed by atoms with van der Waals surface area (Å²) in [5.74, 6) is -0.142. The van der Waals surface area contributed by atoms with Crippen molar-refractivity contribution in [1.29, 1.82) is 0 Å². The van der Waals surface area contributed by atoms with Crippen molar-refractivity contribution in [2.45, 2.75) is 62.1 Å². The molecular weight excluding hydrogens is 441 g/mol. The fraction of sp³-hybridized carbons (Fsp3) is 0.571. The fourth-order valence-corrected chi connectivity index (χ4v) is 5.57. The zero-order valence-corrected chi connectivity index (χ0v) is 18.7. The first-order valence-electron chi connectivity index (χ1n) is 10.5. The van der Waals surface area contributed by atoms with E-state index in [0.29, 0.717) is 35.4 Å². The molecule has 0 unspecified atom stereocenters. The number of carbonyl (C=O) groups excluding carboxylic acids is 3. The Morgan fingerprint density at radius 2 is 2.06 bits per heavy atom. The predicted octanol–water partition coefficient (Wildman–Crippen LogP) is 2.32. The lowest BCUT2D eigenvalue weighted by Crippen LogP contribution is -2.51. The summed E-state index contributed by atoms with van der Waals surface area (Å²) < 4.78 is 0.734. The Morgan fingerprint density at radius 3 is 2.74 bits per heavy atom. The molecule has 10 heteroatoms. The number of fused-ring (bicyclic) bond motifs is 2. The van der Waals surface area contributed by atoms with Crippen LogP contribution in [-0.2, 0) is 16.1 Å². The molecule has 3 aliphatic rings. The van der Waals surface area contributed by atoms with Crippen molar-refractivity contribution >= 4 is 51.7 Å². The number of hydrogen-bond donors (Lipinski definition) is 1. The Bertz CT molecular complexity index is 1100. The number of nitrogens with zero attached hydrogens (tertiary/aromatic N) is 4. The number of hydrogen-bond acceptors (Lipinski definition) is 5. The van der Waals surface area contributed by atoms with Crippen LogP contribution in [-0.4, -0.2) is 59.7 Å². The maximum atomic E-state index is 13.3. The molecule has 3 fully saturated rings. The van der Waals surface area contributed by atoms with E-state index in [9.17, 15) is 14.4 Å². The Morgan fingerprint density at radius 1 is 1.32 bits per heavy atom. The Balaban J connectivity index is 1.33. The molecule has 5 atom stereocenters. The van der Waals surface area contributed by atoms with Crippen LogP contribution in [0.4, 0.5) is 0 Å². The minimum Gasteiger partial charge on any atom is -0.351 e. The number of alkyl halides is 2. The number of ketones is 1. The smallest absolute Gasteiger partial charge is 0.245 e. The number of aromatic nitrogens is 3. The molecule has 5 rings (SSSR count). The molecule has 2 aromatic rings. The van der Waals surface area contributed by atoms with Crippen molar-refractivity contribution in [2.24, 2.45) is 11.8 Å². The third kappa shape index (κ3) is 3.59. The number of carbonyl (C=O) groups is 3. The number of nitrogens with one attached hydrogen (secondary N) is 1. The van der Waals surface area contributed by atoms with Gasteiger partial charge < -0.3 is 10.2 Å². The van der Waals surface area contributed by atoms with Crippen molar-refractivity contribution in [2.75, 3.05) is 0 Å². The second kappa shape index (κ2) is 7.17.